The highest BCUT2D eigenvalue weighted by atomic mass is 16.2. The third-order valence-electron chi connectivity index (χ3n) is 5.82. The Morgan fingerprint density at radius 3 is 2.23 bits per heavy atom. The number of carbonyl (C=O) groups is 2. The van der Waals surface area contributed by atoms with Crippen LogP contribution in [-0.2, 0) is 11.3 Å². The average molecular weight is 411 g/mol. The normalized spacial score (nSPS) is 18.6. The van der Waals surface area contributed by atoms with E-state index in [-0.39, 0.29) is 11.8 Å². The minimum absolute atomic E-state index is 0.000706. The number of benzene rings is 2. The van der Waals surface area contributed by atoms with Gasteiger partial charge in [0.15, 0.2) is 6.54 Å². The van der Waals surface area contributed by atoms with Gasteiger partial charge < -0.3 is 20.0 Å². The zero-order chi connectivity index (χ0) is 21.3. The van der Waals surface area contributed by atoms with Crippen molar-refractivity contribution in [2.75, 3.05) is 51.1 Å². The van der Waals surface area contributed by atoms with Gasteiger partial charge in [-0.2, -0.15) is 0 Å². The Hall–Kier alpha value is -2.70. The fraction of sp³-hybridized carbons (Fsp3) is 0.417. The van der Waals surface area contributed by atoms with Crippen LogP contribution < -0.4 is 15.1 Å². The van der Waals surface area contributed by atoms with E-state index in [4.69, 9.17) is 0 Å². The van der Waals surface area contributed by atoms with Crippen molar-refractivity contribution in [3.63, 3.8) is 0 Å². The van der Waals surface area contributed by atoms with Gasteiger partial charge >= 0.3 is 0 Å². The smallest absolute Gasteiger partial charge is 0.279 e. The summed E-state index contributed by atoms with van der Waals surface area (Å²) in [5.41, 5.74) is 2.67. The van der Waals surface area contributed by atoms with Crippen molar-refractivity contribution in [2.45, 2.75) is 20.4 Å². The number of nitrogens with zero attached hydrogens (tertiary/aromatic N) is 1. The van der Waals surface area contributed by atoms with Crippen LogP contribution in [0.2, 0.25) is 0 Å². The van der Waals surface area contributed by atoms with Crippen LogP contribution in [-0.4, -0.2) is 62.5 Å². The first-order chi connectivity index (χ1) is 14.6. The maximum absolute atomic E-state index is 12.5. The van der Waals surface area contributed by atoms with Gasteiger partial charge in [-0.3, -0.25) is 9.59 Å². The molecule has 6 nitrogen and oxygen atoms in total. The van der Waals surface area contributed by atoms with Gasteiger partial charge in [0.25, 0.3) is 11.8 Å². The molecule has 0 unspecified atom stereocenters. The molecule has 0 atom stereocenters. The fourth-order valence-electron chi connectivity index (χ4n) is 4.05. The summed E-state index contributed by atoms with van der Waals surface area (Å²) in [6.45, 7) is 10.9. The molecule has 1 aliphatic rings. The molecule has 0 saturated carbocycles. The Morgan fingerprint density at radius 2 is 1.57 bits per heavy atom. The SMILES string of the molecule is CCN(CC)C(=O)c1cccc(NC(=O)C[NH+]2CC[NH+](Cc3ccccc3)CC2)c1. The van der Waals surface area contributed by atoms with E-state index in [2.05, 4.69) is 35.6 Å². The lowest BCUT2D eigenvalue weighted by atomic mass is 10.1. The average Bonchev–Trinajstić information content (AvgIpc) is 2.77. The largest absolute Gasteiger partial charge is 0.339 e. The summed E-state index contributed by atoms with van der Waals surface area (Å²) in [6, 6.07) is 17.8. The van der Waals surface area contributed by atoms with Crippen molar-refractivity contribution in [3.8, 4) is 0 Å². The van der Waals surface area contributed by atoms with Gasteiger partial charge in [-0.05, 0) is 32.0 Å². The number of hydrogen-bond acceptors (Lipinski definition) is 2. The number of carbonyl (C=O) groups excluding carboxylic acids is 2. The van der Waals surface area contributed by atoms with Crippen LogP contribution in [0.25, 0.3) is 0 Å². The first kappa shape index (κ1) is 22.0. The lowest BCUT2D eigenvalue weighted by molar-refractivity contribution is -1.02. The maximum Gasteiger partial charge on any atom is 0.279 e. The molecule has 2 aromatic carbocycles. The summed E-state index contributed by atoms with van der Waals surface area (Å²) in [6.07, 6.45) is 0. The van der Waals surface area contributed by atoms with Crippen LogP contribution >= 0.6 is 0 Å². The predicted molar refractivity (Wildman–Crippen MR) is 119 cm³/mol. The van der Waals surface area contributed by atoms with Crippen molar-refractivity contribution in [1.29, 1.82) is 0 Å². The standard InChI is InChI=1S/C24H32N4O2/c1-3-28(4-2)24(30)21-11-8-12-22(17-21)25-23(29)19-27-15-13-26(14-16-27)18-20-9-6-5-7-10-20/h5-12,17H,3-4,13-16,18-19H2,1-2H3,(H,25,29)/p+2. The van der Waals surface area contributed by atoms with Crippen LogP contribution in [0.1, 0.15) is 29.8 Å². The number of hydrogen-bond donors (Lipinski definition) is 3. The zero-order valence-corrected chi connectivity index (χ0v) is 18.1. The molecule has 0 aliphatic carbocycles. The second-order valence-corrected chi connectivity index (χ2v) is 7.95. The third kappa shape index (κ3) is 6.15. The topological polar surface area (TPSA) is 58.3 Å². The highest BCUT2D eigenvalue weighted by Crippen LogP contribution is 2.12. The number of anilines is 1. The van der Waals surface area contributed by atoms with Crippen LogP contribution in [0.4, 0.5) is 5.69 Å². The van der Waals surface area contributed by atoms with Crippen LogP contribution in [0.3, 0.4) is 0 Å². The molecule has 1 heterocycles. The predicted octanol–water partition coefficient (Wildman–Crippen LogP) is 0.0907. The number of piperazine rings is 1. The van der Waals surface area contributed by atoms with Gasteiger partial charge in [-0.15, -0.1) is 0 Å². The number of quaternary nitrogens is 2. The Labute approximate surface area is 179 Å². The minimum Gasteiger partial charge on any atom is -0.339 e. The molecular formula is C24H34N4O2+2. The molecule has 2 amide bonds. The summed E-state index contributed by atoms with van der Waals surface area (Å²) in [7, 11) is 0. The van der Waals surface area contributed by atoms with E-state index in [0.29, 0.717) is 30.9 Å². The van der Waals surface area contributed by atoms with E-state index in [9.17, 15) is 9.59 Å². The van der Waals surface area contributed by atoms with Gasteiger partial charge in [0.2, 0.25) is 0 Å². The fourth-order valence-corrected chi connectivity index (χ4v) is 4.05. The molecule has 0 spiro atoms. The molecule has 2 aromatic rings. The number of nitrogens with one attached hydrogen (secondary N) is 3. The van der Waals surface area contributed by atoms with Crippen molar-refractivity contribution < 1.29 is 19.4 Å². The summed E-state index contributed by atoms with van der Waals surface area (Å²) >= 11 is 0. The van der Waals surface area contributed by atoms with E-state index in [1.807, 2.05) is 26.0 Å². The second kappa shape index (κ2) is 10.9. The maximum atomic E-state index is 12.5. The van der Waals surface area contributed by atoms with Crippen molar-refractivity contribution >= 4 is 17.5 Å². The number of rotatable bonds is 8. The molecular weight excluding hydrogens is 376 g/mol. The first-order valence-corrected chi connectivity index (χ1v) is 11.0. The van der Waals surface area contributed by atoms with E-state index in [1.165, 1.54) is 10.5 Å². The van der Waals surface area contributed by atoms with E-state index in [1.54, 1.807) is 21.9 Å². The molecule has 0 aromatic heterocycles. The quantitative estimate of drug-likeness (QED) is 0.578. The highest BCUT2D eigenvalue weighted by Gasteiger charge is 2.25. The molecule has 3 rings (SSSR count). The molecule has 160 valence electrons. The van der Waals surface area contributed by atoms with Gasteiger partial charge in [-0.25, -0.2) is 0 Å². The Bertz CT molecular complexity index is 828. The highest BCUT2D eigenvalue weighted by molar-refractivity contribution is 5.97. The lowest BCUT2D eigenvalue weighted by Gasteiger charge is -2.29. The number of amides is 2. The Morgan fingerprint density at radius 1 is 0.900 bits per heavy atom. The molecule has 6 heteroatoms. The monoisotopic (exact) mass is 410 g/mol. The van der Waals surface area contributed by atoms with E-state index >= 15 is 0 Å². The van der Waals surface area contributed by atoms with Gasteiger partial charge in [-0.1, -0.05) is 36.4 Å². The summed E-state index contributed by atoms with van der Waals surface area (Å²) < 4.78 is 0. The third-order valence-corrected chi connectivity index (χ3v) is 5.82. The van der Waals surface area contributed by atoms with E-state index < -0.39 is 0 Å². The molecule has 1 aliphatic heterocycles. The molecule has 30 heavy (non-hydrogen) atoms. The van der Waals surface area contributed by atoms with Crippen molar-refractivity contribution in [2.24, 2.45) is 0 Å². The summed E-state index contributed by atoms with van der Waals surface area (Å²) in [5.74, 6) is 0.00295. The van der Waals surface area contributed by atoms with Crippen molar-refractivity contribution in [3.05, 3.63) is 65.7 Å². The van der Waals surface area contributed by atoms with Crippen LogP contribution in [0.15, 0.2) is 54.6 Å². The molecule has 0 radical (unpaired) electrons. The summed E-state index contributed by atoms with van der Waals surface area (Å²) in [5, 5.41) is 2.97. The first-order valence-electron chi connectivity index (χ1n) is 11.0. The van der Waals surface area contributed by atoms with Gasteiger partial charge in [0.05, 0.1) is 0 Å². The van der Waals surface area contributed by atoms with E-state index in [0.717, 1.165) is 32.7 Å². The van der Waals surface area contributed by atoms with Gasteiger partial charge in [0, 0.05) is 29.9 Å². The molecule has 0 bridgehead atoms. The second-order valence-electron chi connectivity index (χ2n) is 7.95. The molecule has 1 saturated heterocycles. The Balaban J connectivity index is 1.47. The molecule has 3 N–H and O–H groups in total. The van der Waals surface area contributed by atoms with Crippen LogP contribution in [0.5, 0.6) is 0 Å². The van der Waals surface area contributed by atoms with Gasteiger partial charge in [0.1, 0.15) is 32.7 Å². The molecule has 1 fully saturated rings. The van der Waals surface area contributed by atoms with Crippen LogP contribution in [0, 0.1) is 0 Å². The zero-order valence-electron chi connectivity index (χ0n) is 18.1. The van der Waals surface area contributed by atoms with Crippen molar-refractivity contribution in [1.82, 2.24) is 4.90 Å². The minimum atomic E-state index is -0.000706. The summed E-state index contributed by atoms with van der Waals surface area (Å²) in [4.78, 5) is 29.8. The Kier molecular flexibility index (Phi) is 7.99. The lowest BCUT2D eigenvalue weighted by Crippen LogP contribution is -3.28.